The Morgan fingerprint density at radius 1 is 1.50 bits per heavy atom. The van der Waals surface area contributed by atoms with Crippen molar-refractivity contribution >= 4 is 16.0 Å². The van der Waals surface area contributed by atoms with Crippen LogP contribution in [0, 0.1) is 5.41 Å². The van der Waals surface area contributed by atoms with Gasteiger partial charge in [-0.05, 0) is 18.3 Å². The second-order valence-corrected chi connectivity index (χ2v) is 6.94. The highest BCUT2D eigenvalue weighted by Crippen LogP contribution is 2.22. The molecule has 0 fully saturated rings. The van der Waals surface area contributed by atoms with Crippen LogP contribution in [0.25, 0.3) is 0 Å². The molecule has 0 atom stereocenters. The van der Waals surface area contributed by atoms with Gasteiger partial charge in [0.1, 0.15) is 5.56 Å². The number of hydrogen-bond donors (Lipinski definition) is 4. The number of nitrogens with one attached hydrogen (secondary N) is 2. The van der Waals surface area contributed by atoms with Crippen molar-refractivity contribution in [2.24, 2.45) is 5.41 Å². The molecule has 9 heteroatoms. The Morgan fingerprint density at radius 2 is 2.15 bits per heavy atom. The van der Waals surface area contributed by atoms with Crippen molar-refractivity contribution in [3.8, 4) is 0 Å². The van der Waals surface area contributed by atoms with Crippen molar-refractivity contribution in [3.05, 3.63) is 11.8 Å². The van der Waals surface area contributed by atoms with Crippen LogP contribution in [0.2, 0.25) is 0 Å². The van der Waals surface area contributed by atoms with E-state index < -0.39 is 26.6 Å². The highest BCUT2D eigenvalue weighted by molar-refractivity contribution is 7.89. The number of H-pyrrole nitrogens is 1. The fourth-order valence-corrected chi connectivity index (χ4v) is 2.97. The monoisotopic (exact) mass is 305 g/mol. The number of carbonyl (C=O) groups is 1. The van der Waals surface area contributed by atoms with E-state index in [1.165, 1.54) is 0 Å². The molecule has 1 rings (SSSR count). The number of aromatic carboxylic acids is 1. The third-order valence-corrected chi connectivity index (χ3v) is 4.23. The van der Waals surface area contributed by atoms with Crippen LogP contribution >= 0.6 is 0 Å². The van der Waals surface area contributed by atoms with Gasteiger partial charge in [0.2, 0.25) is 0 Å². The maximum Gasteiger partial charge on any atom is 0.340 e. The van der Waals surface area contributed by atoms with Gasteiger partial charge in [0, 0.05) is 13.2 Å². The quantitative estimate of drug-likeness (QED) is 0.542. The Bertz CT molecular complexity index is 564. The molecular weight excluding hydrogens is 286 g/mol. The van der Waals surface area contributed by atoms with Crippen molar-refractivity contribution in [3.63, 3.8) is 0 Å². The molecule has 0 saturated heterocycles. The van der Waals surface area contributed by atoms with Crippen molar-refractivity contribution in [2.45, 2.75) is 31.7 Å². The molecule has 0 aliphatic carbocycles. The topological polar surface area (TPSA) is 132 Å². The second-order valence-electron chi connectivity index (χ2n) is 5.23. The summed E-state index contributed by atoms with van der Waals surface area (Å²) in [7, 11) is -3.96. The van der Waals surface area contributed by atoms with Crippen LogP contribution in [0.5, 0.6) is 0 Å². The summed E-state index contributed by atoms with van der Waals surface area (Å²) in [6.07, 6.45) is 2.16. The molecule has 0 radical (unpaired) electrons. The summed E-state index contributed by atoms with van der Waals surface area (Å²) in [6.45, 7) is 3.89. The third kappa shape index (κ3) is 4.29. The fourth-order valence-electron chi connectivity index (χ4n) is 1.64. The van der Waals surface area contributed by atoms with E-state index in [9.17, 15) is 13.2 Å². The van der Waals surface area contributed by atoms with Crippen molar-refractivity contribution in [1.82, 2.24) is 14.9 Å². The first-order valence-corrected chi connectivity index (χ1v) is 7.55. The number of sulfonamides is 1. The summed E-state index contributed by atoms with van der Waals surface area (Å²) in [6, 6.07) is 0. The van der Waals surface area contributed by atoms with Crippen LogP contribution in [0.4, 0.5) is 0 Å². The number of aromatic amines is 1. The molecule has 1 aromatic heterocycles. The van der Waals surface area contributed by atoms with E-state index in [1.54, 1.807) is 0 Å². The van der Waals surface area contributed by atoms with Crippen molar-refractivity contribution in [2.75, 3.05) is 13.2 Å². The minimum Gasteiger partial charge on any atom is -0.478 e. The van der Waals surface area contributed by atoms with Gasteiger partial charge in [-0.2, -0.15) is 5.10 Å². The minimum absolute atomic E-state index is 0.0416. The summed E-state index contributed by atoms with van der Waals surface area (Å²) < 4.78 is 26.4. The van der Waals surface area contributed by atoms with Crippen LogP contribution in [0.1, 0.15) is 37.0 Å². The minimum atomic E-state index is -3.96. The number of carboxylic acid groups (broad SMARTS) is 1. The summed E-state index contributed by atoms with van der Waals surface area (Å²) in [5.74, 6) is -1.36. The van der Waals surface area contributed by atoms with Crippen LogP contribution < -0.4 is 4.72 Å². The van der Waals surface area contributed by atoms with Crippen LogP contribution in [0.15, 0.2) is 11.2 Å². The molecule has 0 spiro atoms. The third-order valence-electron chi connectivity index (χ3n) is 2.86. The number of hydrogen-bond acceptors (Lipinski definition) is 5. The van der Waals surface area contributed by atoms with Crippen LogP contribution in [0.3, 0.4) is 0 Å². The number of aliphatic hydroxyl groups is 1. The molecule has 0 saturated carbocycles. The van der Waals surface area contributed by atoms with E-state index in [-0.39, 0.29) is 18.6 Å². The van der Waals surface area contributed by atoms with E-state index in [2.05, 4.69) is 14.9 Å². The number of rotatable bonds is 8. The average Bonchev–Trinajstić information content (AvgIpc) is 2.84. The smallest absolute Gasteiger partial charge is 0.340 e. The lowest BCUT2D eigenvalue weighted by atomic mass is 9.88. The molecular formula is C11H19N3O5S. The van der Waals surface area contributed by atoms with Crippen molar-refractivity contribution in [1.29, 1.82) is 0 Å². The van der Waals surface area contributed by atoms with E-state index in [4.69, 9.17) is 10.2 Å². The largest absolute Gasteiger partial charge is 0.478 e. The molecule has 0 bridgehead atoms. The zero-order chi connectivity index (χ0) is 15.4. The normalized spacial score (nSPS) is 12.6. The molecule has 1 heterocycles. The first-order valence-electron chi connectivity index (χ1n) is 6.07. The maximum absolute atomic E-state index is 12.0. The van der Waals surface area contributed by atoms with Gasteiger partial charge in [-0.1, -0.05) is 13.8 Å². The number of carboxylic acids is 1. The zero-order valence-electron chi connectivity index (χ0n) is 11.4. The molecule has 114 valence electrons. The summed E-state index contributed by atoms with van der Waals surface area (Å²) in [5, 5.41) is 22.8. The molecule has 20 heavy (non-hydrogen) atoms. The van der Waals surface area contributed by atoms with Crippen molar-refractivity contribution < 1.29 is 23.4 Å². The molecule has 8 nitrogen and oxygen atoms in total. The van der Waals surface area contributed by atoms with E-state index in [0.29, 0.717) is 12.8 Å². The molecule has 0 unspecified atom stereocenters. The first kappa shape index (κ1) is 16.6. The van der Waals surface area contributed by atoms with Gasteiger partial charge < -0.3 is 10.2 Å². The van der Waals surface area contributed by atoms with E-state index in [1.807, 2.05) is 13.8 Å². The molecule has 1 aromatic rings. The Kier molecular flexibility index (Phi) is 5.26. The Balaban J connectivity index is 2.80. The van der Waals surface area contributed by atoms with E-state index in [0.717, 1.165) is 6.20 Å². The number of nitrogens with zero attached hydrogens (tertiary/aromatic N) is 1. The lowest BCUT2D eigenvalue weighted by Gasteiger charge is -2.24. The highest BCUT2D eigenvalue weighted by atomic mass is 32.2. The molecule has 4 N–H and O–H groups in total. The molecule has 0 aromatic carbocycles. The van der Waals surface area contributed by atoms with Gasteiger partial charge in [0.25, 0.3) is 10.0 Å². The van der Waals surface area contributed by atoms with E-state index >= 15 is 0 Å². The zero-order valence-corrected chi connectivity index (χ0v) is 12.2. The average molecular weight is 305 g/mol. The van der Waals surface area contributed by atoms with Gasteiger partial charge in [0.05, 0.1) is 6.20 Å². The Labute approximate surface area is 117 Å². The van der Waals surface area contributed by atoms with Gasteiger partial charge in [-0.15, -0.1) is 0 Å². The standard InChI is InChI=1S/C11H19N3O5S/c1-11(2,4-3-5-15)7-13-20(18,19)9-8(10(16)17)6-12-14-9/h6,13,15H,3-5,7H2,1-2H3,(H,12,14)(H,16,17). The molecule has 0 aliphatic rings. The number of aliphatic hydroxyl groups excluding tert-OH is 1. The Hall–Kier alpha value is -1.45. The SMILES string of the molecule is CC(C)(CCCO)CNS(=O)(=O)c1[nH]ncc1C(=O)O. The maximum atomic E-state index is 12.0. The molecule has 0 amide bonds. The van der Waals surface area contributed by atoms with Gasteiger partial charge in [0.15, 0.2) is 5.03 Å². The second kappa shape index (κ2) is 6.33. The predicted molar refractivity (Wildman–Crippen MR) is 70.8 cm³/mol. The van der Waals surface area contributed by atoms with Crippen LogP contribution in [-0.4, -0.2) is 47.9 Å². The van der Waals surface area contributed by atoms with Crippen LogP contribution in [-0.2, 0) is 10.0 Å². The predicted octanol–water partition coefficient (Wildman–Crippen LogP) is 0.185. The fraction of sp³-hybridized carbons (Fsp3) is 0.636. The summed E-state index contributed by atoms with van der Waals surface area (Å²) in [4.78, 5) is 10.9. The highest BCUT2D eigenvalue weighted by Gasteiger charge is 2.27. The first-order chi connectivity index (χ1) is 9.19. The molecule has 0 aliphatic heterocycles. The lowest BCUT2D eigenvalue weighted by Crippen LogP contribution is -2.35. The van der Waals surface area contributed by atoms with Gasteiger partial charge in [-0.3, -0.25) is 5.10 Å². The number of aromatic nitrogens is 2. The lowest BCUT2D eigenvalue weighted by molar-refractivity contribution is 0.0692. The summed E-state index contributed by atoms with van der Waals surface area (Å²) >= 11 is 0. The Morgan fingerprint density at radius 3 is 2.70 bits per heavy atom. The van der Waals surface area contributed by atoms with Gasteiger partial charge in [-0.25, -0.2) is 17.9 Å². The van der Waals surface area contributed by atoms with Gasteiger partial charge >= 0.3 is 5.97 Å². The summed E-state index contributed by atoms with van der Waals surface area (Å²) in [5.41, 5.74) is -0.746.